The highest BCUT2D eigenvalue weighted by atomic mass is 16.5. The van der Waals surface area contributed by atoms with Crippen molar-refractivity contribution in [2.24, 2.45) is 11.8 Å². The molecule has 17 nitrogen and oxygen atoms in total. The van der Waals surface area contributed by atoms with Crippen molar-refractivity contribution in [3.05, 3.63) is 0 Å². The van der Waals surface area contributed by atoms with Crippen molar-refractivity contribution in [3.8, 4) is 0 Å². The molecule has 0 fully saturated rings. The summed E-state index contributed by atoms with van der Waals surface area (Å²) in [5.41, 5.74) is 0. The first kappa shape index (κ1) is 61.7. The van der Waals surface area contributed by atoms with Gasteiger partial charge in [-0.15, -0.1) is 0 Å². The molecule has 65 heavy (non-hydrogen) atoms. The van der Waals surface area contributed by atoms with Gasteiger partial charge in [0.25, 0.3) is 0 Å². The molecule has 0 saturated carbocycles. The highest BCUT2D eigenvalue weighted by molar-refractivity contribution is 5.84. The van der Waals surface area contributed by atoms with Crippen LogP contribution in [0, 0.1) is 11.8 Å². The van der Waals surface area contributed by atoms with Crippen LogP contribution in [0.1, 0.15) is 156 Å². The summed E-state index contributed by atoms with van der Waals surface area (Å²) in [6, 6.07) is 0. The van der Waals surface area contributed by atoms with E-state index in [9.17, 15) is 38.7 Å². The minimum atomic E-state index is -1.06. The number of carboxylic acids is 1. The van der Waals surface area contributed by atoms with Crippen LogP contribution in [0.5, 0.6) is 0 Å². The highest BCUT2D eigenvalue weighted by Gasteiger charge is 2.22. The second-order valence-corrected chi connectivity index (χ2v) is 16.5. The molecule has 1 unspecified atom stereocenters. The molecule has 0 heterocycles. The van der Waals surface area contributed by atoms with E-state index in [1.807, 2.05) is 6.92 Å². The van der Waals surface area contributed by atoms with Gasteiger partial charge in [0.05, 0.1) is 58.8 Å². The van der Waals surface area contributed by atoms with Crippen LogP contribution < -0.4 is 16.0 Å². The van der Waals surface area contributed by atoms with Gasteiger partial charge in [0.15, 0.2) is 5.78 Å². The van der Waals surface area contributed by atoms with Crippen molar-refractivity contribution < 1.29 is 67.1 Å². The normalized spacial score (nSPS) is 12.1. The molecule has 0 aromatic carbocycles. The third-order valence-electron chi connectivity index (χ3n) is 10.7. The molecule has 0 radical (unpaired) electrons. The van der Waals surface area contributed by atoms with E-state index in [4.69, 9.17) is 28.4 Å². The van der Waals surface area contributed by atoms with E-state index in [-0.39, 0.29) is 139 Å². The molecular formula is C48H87N3O14. The van der Waals surface area contributed by atoms with Crippen LogP contribution in [-0.2, 0) is 62.0 Å². The molecule has 17 heteroatoms. The third kappa shape index (κ3) is 43.0. The lowest BCUT2D eigenvalue weighted by atomic mass is 9.94. The average molecular weight is 930 g/mol. The molecule has 0 rings (SSSR count). The van der Waals surface area contributed by atoms with E-state index in [1.54, 1.807) is 6.92 Å². The molecule has 378 valence electrons. The van der Waals surface area contributed by atoms with Crippen molar-refractivity contribution in [2.75, 3.05) is 98.9 Å². The predicted molar refractivity (Wildman–Crippen MR) is 248 cm³/mol. The Morgan fingerprint density at radius 3 is 1.45 bits per heavy atom. The summed E-state index contributed by atoms with van der Waals surface area (Å²) in [5.74, 6) is -2.52. The maximum Gasteiger partial charge on any atom is 0.306 e. The van der Waals surface area contributed by atoms with Crippen LogP contribution in [0.2, 0.25) is 0 Å². The molecule has 0 spiro atoms. The van der Waals surface area contributed by atoms with Crippen molar-refractivity contribution in [1.29, 1.82) is 0 Å². The summed E-state index contributed by atoms with van der Waals surface area (Å²) in [4.78, 5) is 83.6. The Labute approximate surface area is 389 Å². The van der Waals surface area contributed by atoms with E-state index in [1.165, 1.54) is 51.4 Å². The zero-order chi connectivity index (χ0) is 48.0. The zero-order valence-corrected chi connectivity index (χ0v) is 40.4. The van der Waals surface area contributed by atoms with E-state index >= 15 is 0 Å². The van der Waals surface area contributed by atoms with Crippen LogP contribution in [0.4, 0.5) is 0 Å². The van der Waals surface area contributed by atoms with Crippen molar-refractivity contribution in [2.45, 2.75) is 156 Å². The highest BCUT2D eigenvalue weighted by Crippen LogP contribution is 2.17. The van der Waals surface area contributed by atoms with E-state index in [2.05, 4.69) is 22.9 Å². The van der Waals surface area contributed by atoms with Gasteiger partial charge < -0.3 is 49.5 Å². The molecule has 0 bridgehead atoms. The molecule has 3 amide bonds. The number of carbonyl (C=O) groups excluding carboxylic acids is 6. The Balaban J connectivity index is 3.60. The summed E-state index contributed by atoms with van der Waals surface area (Å²) < 4.78 is 32.2. The predicted octanol–water partition coefficient (Wildman–Crippen LogP) is 5.71. The van der Waals surface area contributed by atoms with E-state index in [0.29, 0.717) is 39.0 Å². The van der Waals surface area contributed by atoms with Gasteiger partial charge in [0.2, 0.25) is 17.7 Å². The Morgan fingerprint density at radius 1 is 0.431 bits per heavy atom. The Hall–Kier alpha value is -3.35. The summed E-state index contributed by atoms with van der Waals surface area (Å²) >= 11 is 0. The fraction of sp³-hybridized carbons (Fsp3) is 0.854. The quantitative estimate of drug-likeness (QED) is 0.0536. The van der Waals surface area contributed by atoms with Gasteiger partial charge >= 0.3 is 5.97 Å². The van der Waals surface area contributed by atoms with Gasteiger partial charge in [-0.3, -0.25) is 33.6 Å². The number of rotatable bonds is 50. The van der Waals surface area contributed by atoms with Gasteiger partial charge in [-0.1, -0.05) is 84.5 Å². The van der Waals surface area contributed by atoms with Crippen LogP contribution in [0.3, 0.4) is 0 Å². The zero-order valence-electron chi connectivity index (χ0n) is 40.4. The fourth-order valence-corrected chi connectivity index (χ4v) is 6.75. The minimum Gasteiger partial charge on any atom is -0.481 e. The molecule has 4 N–H and O–H groups in total. The second kappa shape index (κ2) is 45.8. The number of hydrogen-bond acceptors (Lipinski definition) is 13. The first-order chi connectivity index (χ1) is 31.5. The fourth-order valence-electron chi connectivity index (χ4n) is 6.75. The molecule has 2 atom stereocenters. The van der Waals surface area contributed by atoms with Gasteiger partial charge in [0, 0.05) is 57.8 Å². The SMILES string of the molecule is CCCCCCCCCCCCCC(=O)CC(CCC(=O)NCCOCCOCC(=O)CCCOCCOCC(=O)NCCOCCOCC(=O)NCCCC[C@H](CC)C(C)=O)C(=O)O. The lowest BCUT2D eigenvalue weighted by Crippen LogP contribution is -2.31. The number of nitrogens with one attached hydrogen (secondary N) is 3. The van der Waals surface area contributed by atoms with Crippen molar-refractivity contribution >= 4 is 41.0 Å². The number of ether oxygens (including phenoxy) is 6. The summed E-state index contributed by atoms with van der Waals surface area (Å²) in [6.07, 6.45) is 17.7. The van der Waals surface area contributed by atoms with Gasteiger partial charge in [-0.05, 0) is 45.4 Å². The number of unbranched alkanes of at least 4 members (excludes halogenated alkanes) is 11. The topological polar surface area (TPSA) is 231 Å². The van der Waals surface area contributed by atoms with Gasteiger partial charge in [0.1, 0.15) is 31.4 Å². The third-order valence-corrected chi connectivity index (χ3v) is 10.7. The van der Waals surface area contributed by atoms with Crippen molar-refractivity contribution in [1.82, 2.24) is 16.0 Å². The number of aliphatic carboxylic acids is 1. The largest absolute Gasteiger partial charge is 0.481 e. The molecular weight excluding hydrogens is 843 g/mol. The number of ketones is 3. The Morgan fingerprint density at radius 2 is 0.908 bits per heavy atom. The number of carboxylic acid groups (broad SMARTS) is 1. The molecule has 0 aromatic heterocycles. The van der Waals surface area contributed by atoms with Gasteiger partial charge in [-0.25, -0.2) is 0 Å². The first-order valence-corrected chi connectivity index (χ1v) is 24.5. The number of carbonyl (C=O) groups is 7. The Kier molecular flexibility index (Phi) is 43.4. The van der Waals surface area contributed by atoms with E-state index < -0.39 is 11.9 Å². The monoisotopic (exact) mass is 930 g/mol. The average Bonchev–Trinajstić information content (AvgIpc) is 3.27. The maximum absolute atomic E-state index is 12.4. The van der Waals surface area contributed by atoms with Gasteiger partial charge in [-0.2, -0.15) is 0 Å². The smallest absolute Gasteiger partial charge is 0.306 e. The molecule has 0 aliphatic rings. The van der Waals surface area contributed by atoms with Crippen LogP contribution in [0.15, 0.2) is 0 Å². The van der Waals surface area contributed by atoms with Crippen LogP contribution >= 0.6 is 0 Å². The van der Waals surface area contributed by atoms with Crippen LogP contribution in [-0.4, -0.2) is 145 Å². The second-order valence-electron chi connectivity index (χ2n) is 16.5. The maximum atomic E-state index is 12.4. The lowest BCUT2D eigenvalue weighted by molar-refractivity contribution is -0.144. The van der Waals surface area contributed by atoms with Crippen LogP contribution in [0.25, 0.3) is 0 Å². The molecule has 0 aromatic rings. The standard InChI is InChI=1S/C48H87N3O14/c1-4-6-7-8-9-10-11-12-13-14-15-20-43(53)36-42(48(58)59)22-23-45(55)50-25-28-61-31-33-63-37-44(54)21-18-27-60-30-34-64-39-47(57)51-26-29-62-32-35-65-38-46(56)49-24-17-16-19-41(5-2)40(3)52/h41-42H,4-39H2,1-3H3,(H,49,56)(H,50,55)(H,51,57)(H,58,59)/t41-,42?/m0/s1. The molecule has 0 aliphatic carbocycles. The van der Waals surface area contributed by atoms with E-state index in [0.717, 1.165) is 44.9 Å². The number of hydrogen-bond donors (Lipinski definition) is 4. The summed E-state index contributed by atoms with van der Waals surface area (Å²) in [5, 5.41) is 17.7. The summed E-state index contributed by atoms with van der Waals surface area (Å²) in [7, 11) is 0. The first-order valence-electron chi connectivity index (χ1n) is 24.5. The summed E-state index contributed by atoms with van der Waals surface area (Å²) in [6.45, 7) is 9.09. The molecule has 0 saturated heterocycles. The number of Topliss-reactive ketones (excluding diaryl/α,β-unsaturated/α-hetero) is 3. The van der Waals surface area contributed by atoms with Crippen molar-refractivity contribution in [3.63, 3.8) is 0 Å². The minimum absolute atomic E-state index is 0.0148. The Bertz CT molecular complexity index is 1250. The molecule has 0 aliphatic heterocycles. The lowest BCUT2D eigenvalue weighted by Gasteiger charge is -2.12. The number of amides is 3.